The summed E-state index contributed by atoms with van der Waals surface area (Å²) in [4.78, 5) is 16.6. The number of aromatic nitrogens is 2. The molecule has 25 heavy (non-hydrogen) atoms. The van der Waals surface area contributed by atoms with E-state index in [1.807, 2.05) is 63.4 Å². The molecule has 5 nitrogen and oxygen atoms in total. The molecule has 0 bridgehead atoms. The highest BCUT2D eigenvalue weighted by Crippen LogP contribution is 2.16. The van der Waals surface area contributed by atoms with Crippen molar-refractivity contribution >= 4 is 16.9 Å². The molecule has 0 aliphatic carbocycles. The fourth-order valence-corrected chi connectivity index (χ4v) is 2.74. The average molecular weight is 337 g/mol. The maximum absolute atomic E-state index is 12.0. The lowest BCUT2D eigenvalue weighted by atomic mass is 10.1. The number of hydrogen-bond acceptors (Lipinski definition) is 3. The molecule has 3 rings (SSSR count). The summed E-state index contributed by atoms with van der Waals surface area (Å²) in [5, 5.41) is 2.88. The van der Waals surface area contributed by atoms with Gasteiger partial charge in [-0.2, -0.15) is 0 Å². The van der Waals surface area contributed by atoms with Crippen LogP contribution >= 0.6 is 0 Å². The quantitative estimate of drug-likeness (QED) is 0.752. The fraction of sp³-hybridized carbons (Fsp3) is 0.300. The summed E-state index contributed by atoms with van der Waals surface area (Å²) in [6.45, 7) is 4.63. The Hall–Kier alpha value is -2.82. The lowest BCUT2D eigenvalue weighted by Gasteiger charge is -2.09. The molecule has 0 atom stereocenters. The zero-order chi connectivity index (χ0) is 17.8. The molecule has 1 heterocycles. The van der Waals surface area contributed by atoms with Gasteiger partial charge in [-0.05, 0) is 49.2 Å². The summed E-state index contributed by atoms with van der Waals surface area (Å²) in [5.41, 5.74) is 4.44. The summed E-state index contributed by atoms with van der Waals surface area (Å²) in [5.74, 6) is 1.54. The van der Waals surface area contributed by atoms with Gasteiger partial charge in [0, 0.05) is 20.0 Å². The first-order chi connectivity index (χ1) is 12.0. The van der Waals surface area contributed by atoms with E-state index in [1.165, 1.54) is 5.56 Å². The molecular formula is C20H23N3O2. The van der Waals surface area contributed by atoms with Crippen molar-refractivity contribution in [3.63, 3.8) is 0 Å². The van der Waals surface area contributed by atoms with Crippen molar-refractivity contribution in [2.75, 3.05) is 13.2 Å². The highest BCUT2D eigenvalue weighted by atomic mass is 16.5. The number of imidazole rings is 1. The summed E-state index contributed by atoms with van der Waals surface area (Å²) >= 11 is 0. The molecule has 1 N–H and O–H groups in total. The molecule has 0 saturated heterocycles. The number of ether oxygens (including phenoxy) is 1. The van der Waals surface area contributed by atoms with Crippen LogP contribution in [0.3, 0.4) is 0 Å². The molecule has 2 aromatic carbocycles. The molecule has 1 aromatic heterocycles. The molecule has 0 saturated carbocycles. The predicted molar refractivity (Wildman–Crippen MR) is 98.8 cm³/mol. The Kier molecular flexibility index (Phi) is 5.03. The number of hydrogen-bond donors (Lipinski definition) is 1. The Balaban J connectivity index is 1.48. The van der Waals surface area contributed by atoms with Crippen molar-refractivity contribution in [3.8, 4) is 5.75 Å². The second-order valence-corrected chi connectivity index (χ2v) is 6.21. The van der Waals surface area contributed by atoms with Gasteiger partial charge in [0.05, 0.1) is 11.0 Å². The van der Waals surface area contributed by atoms with E-state index in [4.69, 9.17) is 4.74 Å². The number of benzene rings is 2. The van der Waals surface area contributed by atoms with E-state index in [1.54, 1.807) is 0 Å². The second-order valence-electron chi connectivity index (χ2n) is 6.21. The first kappa shape index (κ1) is 17.0. The van der Waals surface area contributed by atoms with E-state index in [9.17, 15) is 4.79 Å². The molecule has 0 aliphatic rings. The Labute approximate surface area is 147 Å². The predicted octanol–water partition coefficient (Wildman–Crippen LogP) is 2.93. The first-order valence-electron chi connectivity index (χ1n) is 8.41. The molecule has 130 valence electrons. The number of rotatable bonds is 6. The lowest BCUT2D eigenvalue weighted by Crippen LogP contribution is -2.31. The van der Waals surface area contributed by atoms with Gasteiger partial charge in [-0.25, -0.2) is 4.98 Å². The van der Waals surface area contributed by atoms with Crippen LogP contribution in [0.15, 0.2) is 42.5 Å². The minimum absolute atomic E-state index is 0.0189. The maximum atomic E-state index is 12.0. The third-order valence-electron chi connectivity index (χ3n) is 4.40. The van der Waals surface area contributed by atoms with Crippen LogP contribution in [0.1, 0.15) is 17.0 Å². The minimum Gasteiger partial charge on any atom is -0.484 e. The monoisotopic (exact) mass is 337 g/mol. The number of nitrogens with one attached hydrogen (secondary N) is 1. The first-order valence-corrected chi connectivity index (χ1v) is 8.41. The molecule has 0 radical (unpaired) electrons. The van der Waals surface area contributed by atoms with Gasteiger partial charge < -0.3 is 14.6 Å². The standard InChI is InChI=1S/C20H23N3O2/c1-14-8-9-16(12-15(14)2)25-13-20(24)21-11-10-19-22-17-6-4-5-7-18(17)23(19)3/h4-9,12H,10-11,13H2,1-3H3,(H,21,24). The van der Waals surface area contributed by atoms with Crippen molar-refractivity contribution in [2.45, 2.75) is 20.3 Å². The number of amides is 1. The summed E-state index contributed by atoms with van der Waals surface area (Å²) in [6, 6.07) is 13.8. The molecule has 1 amide bonds. The van der Waals surface area contributed by atoms with E-state index >= 15 is 0 Å². The third kappa shape index (κ3) is 3.99. The van der Waals surface area contributed by atoms with Gasteiger partial charge in [-0.15, -0.1) is 0 Å². The smallest absolute Gasteiger partial charge is 0.257 e. The Morgan fingerprint density at radius 2 is 1.96 bits per heavy atom. The topological polar surface area (TPSA) is 56.1 Å². The van der Waals surface area contributed by atoms with Gasteiger partial charge in [0.15, 0.2) is 6.61 Å². The van der Waals surface area contributed by atoms with E-state index in [0.717, 1.165) is 22.4 Å². The van der Waals surface area contributed by atoms with Crippen LogP contribution in [-0.4, -0.2) is 28.6 Å². The number of para-hydroxylation sites is 2. The number of carbonyl (C=O) groups excluding carboxylic acids is 1. The van der Waals surface area contributed by atoms with Crippen LogP contribution in [0.2, 0.25) is 0 Å². The molecule has 0 spiro atoms. The van der Waals surface area contributed by atoms with Crippen LogP contribution in [0.4, 0.5) is 0 Å². The van der Waals surface area contributed by atoms with Crippen LogP contribution in [-0.2, 0) is 18.3 Å². The zero-order valence-electron chi connectivity index (χ0n) is 14.9. The van der Waals surface area contributed by atoms with Crippen LogP contribution in [0.25, 0.3) is 11.0 Å². The van der Waals surface area contributed by atoms with Crippen LogP contribution in [0.5, 0.6) is 5.75 Å². The number of nitrogens with zero attached hydrogens (tertiary/aromatic N) is 2. The SMILES string of the molecule is Cc1ccc(OCC(=O)NCCc2nc3ccccc3n2C)cc1C. The average Bonchev–Trinajstić information content (AvgIpc) is 2.92. The summed E-state index contributed by atoms with van der Waals surface area (Å²) in [7, 11) is 2.00. The lowest BCUT2D eigenvalue weighted by molar-refractivity contribution is -0.123. The Bertz CT molecular complexity index is 899. The molecular weight excluding hydrogens is 314 g/mol. The van der Waals surface area contributed by atoms with Crippen molar-refractivity contribution in [3.05, 3.63) is 59.4 Å². The number of aryl methyl sites for hydroxylation is 3. The van der Waals surface area contributed by atoms with Gasteiger partial charge >= 0.3 is 0 Å². The van der Waals surface area contributed by atoms with Crippen molar-refractivity contribution in [1.82, 2.24) is 14.9 Å². The summed E-state index contributed by atoms with van der Waals surface area (Å²) in [6.07, 6.45) is 0.681. The minimum atomic E-state index is -0.128. The normalized spacial score (nSPS) is 10.8. The number of carbonyl (C=O) groups is 1. The molecule has 3 aromatic rings. The van der Waals surface area contributed by atoms with Crippen molar-refractivity contribution < 1.29 is 9.53 Å². The molecule has 0 fully saturated rings. The van der Waals surface area contributed by atoms with Crippen molar-refractivity contribution in [2.24, 2.45) is 7.05 Å². The highest BCUT2D eigenvalue weighted by molar-refractivity contribution is 5.77. The highest BCUT2D eigenvalue weighted by Gasteiger charge is 2.08. The van der Waals surface area contributed by atoms with E-state index in [2.05, 4.69) is 14.9 Å². The second kappa shape index (κ2) is 7.38. The van der Waals surface area contributed by atoms with E-state index in [0.29, 0.717) is 18.7 Å². The van der Waals surface area contributed by atoms with Gasteiger partial charge in [0.2, 0.25) is 0 Å². The van der Waals surface area contributed by atoms with Crippen LogP contribution < -0.4 is 10.1 Å². The van der Waals surface area contributed by atoms with E-state index in [-0.39, 0.29) is 12.5 Å². The molecule has 0 unspecified atom stereocenters. The van der Waals surface area contributed by atoms with Gasteiger partial charge in [-0.1, -0.05) is 18.2 Å². The van der Waals surface area contributed by atoms with Gasteiger partial charge in [0.25, 0.3) is 5.91 Å². The van der Waals surface area contributed by atoms with Crippen LogP contribution in [0, 0.1) is 13.8 Å². The van der Waals surface area contributed by atoms with E-state index < -0.39 is 0 Å². The number of fused-ring (bicyclic) bond motifs is 1. The zero-order valence-corrected chi connectivity index (χ0v) is 14.9. The Morgan fingerprint density at radius 1 is 1.16 bits per heavy atom. The van der Waals surface area contributed by atoms with Crippen molar-refractivity contribution in [1.29, 1.82) is 0 Å². The maximum Gasteiger partial charge on any atom is 0.257 e. The molecule has 0 aliphatic heterocycles. The molecule has 5 heteroatoms. The Morgan fingerprint density at radius 3 is 2.72 bits per heavy atom. The largest absolute Gasteiger partial charge is 0.484 e. The van der Waals surface area contributed by atoms with Gasteiger partial charge in [0.1, 0.15) is 11.6 Å². The fourth-order valence-electron chi connectivity index (χ4n) is 2.74. The third-order valence-corrected chi connectivity index (χ3v) is 4.40. The van der Waals surface area contributed by atoms with Gasteiger partial charge in [-0.3, -0.25) is 4.79 Å². The summed E-state index contributed by atoms with van der Waals surface area (Å²) < 4.78 is 7.61.